The summed E-state index contributed by atoms with van der Waals surface area (Å²) in [5.41, 5.74) is 0.627. The van der Waals surface area contributed by atoms with Gasteiger partial charge in [0, 0.05) is 0 Å². The number of carbonyl (C=O) groups excluding carboxylic acids is 1. The number of hydrogen-bond acceptors (Lipinski definition) is 8. The van der Waals surface area contributed by atoms with Crippen LogP contribution in [0.4, 0.5) is 0 Å². The van der Waals surface area contributed by atoms with Crippen LogP contribution in [0, 0.1) is 17.8 Å². The lowest BCUT2D eigenvalue weighted by atomic mass is 9.75. The third-order valence-electron chi connectivity index (χ3n) is 5.82. The van der Waals surface area contributed by atoms with Gasteiger partial charge < -0.3 is 14.6 Å². The molecule has 2 aliphatic rings. The quantitative estimate of drug-likeness (QED) is 0.466. The van der Waals surface area contributed by atoms with E-state index in [9.17, 15) is 9.90 Å². The molecule has 0 saturated heterocycles. The molecule has 2 heterocycles. The molecule has 3 unspecified atom stereocenters. The summed E-state index contributed by atoms with van der Waals surface area (Å²) in [5, 5.41) is 19.1. The van der Waals surface area contributed by atoms with Crippen LogP contribution >= 0.6 is 39.0 Å². The Morgan fingerprint density at radius 2 is 2.06 bits per heavy atom. The maximum Gasteiger partial charge on any atom is 0.348 e. The topological polar surface area (TPSA) is 81.5 Å². The number of hydrogen-bond donors (Lipinski definition) is 1. The molecule has 1 fully saturated rings. The first-order chi connectivity index (χ1) is 14.8. The molecule has 2 aromatic rings. The number of aromatic nitrogens is 2. The van der Waals surface area contributed by atoms with E-state index in [1.807, 2.05) is 6.07 Å². The van der Waals surface area contributed by atoms with Crippen molar-refractivity contribution in [3.63, 3.8) is 0 Å². The fourth-order valence-electron chi connectivity index (χ4n) is 4.13. The minimum absolute atomic E-state index is 0.0433. The number of esters is 1. The molecule has 1 aromatic carbocycles. The van der Waals surface area contributed by atoms with Crippen LogP contribution in [0.15, 0.2) is 38.0 Å². The lowest BCUT2D eigenvalue weighted by Gasteiger charge is -2.38. The van der Waals surface area contributed by atoms with Gasteiger partial charge in [-0.05, 0) is 58.7 Å². The number of aromatic hydroxyl groups is 1. The second kappa shape index (κ2) is 9.60. The van der Waals surface area contributed by atoms with E-state index in [1.165, 1.54) is 29.5 Å². The van der Waals surface area contributed by atoms with Crippen molar-refractivity contribution in [2.45, 2.75) is 56.8 Å². The molecule has 1 N–H and O–H groups in total. The van der Waals surface area contributed by atoms with Crippen molar-refractivity contribution in [2.75, 3.05) is 0 Å². The van der Waals surface area contributed by atoms with Crippen molar-refractivity contribution in [1.29, 1.82) is 0 Å². The van der Waals surface area contributed by atoms with Gasteiger partial charge in [-0.25, -0.2) is 4.79 Å². The Morgan fingerprint density at radius 3 is 2.81 bits per heavy atom. The number of nitrogens with zero attached hydrogens (tertiary/aromatic N) is 2. The molecule has 1 aliphatic carbocycles. The fraction of sp³-hybridized carbons (Fsp3) is 0.500. The Kier molecular flexibility index (Phi) is 7.05. The highest BCUT2D eigenvalue weighted by atomic mass is 79.9. The van der Waals surface area contributed by atoms with E-state index in [0.29, 0.717) is 42.1 Å². The summed E-state index contributed by atoms with van der Waals surface area (Å²) in [7, 11) is 0. The molecule has 166 valence electrons. The number of benzene rings is 1. The van der Waals surface area contributed by atoms with Crippen LogP contribution in [0.2, 0.25) is 0 Å². The molecule has 0 radical (unpaired) electrons. The van der Waals surface area contributed by atoms with E-state index < -0.39 is 12.3 Å². The molecule has 4 rings (SSSR count). The zero-order valence-corrected chi connectivity index (χ0v) is 20.8. The highest BCUT2D eigenvalue weighted by Gasteiger charge is 2.40. The highest BCUT2D eigenvalue weighted by molar-refractivity contribution is 9.12. The number of rotatable bonds is 6. The Morgan fingerprint density at radius 1 is 1.29 bits per heavy atom. The first-order valence-electron chi connectivity index (χ1n) is 10.4. The highest BCUT2D eigenvalue weighted by Crippen LogP contribution is 2.45. The molecular weight excluding hydrogens is 500 g/mol. The third-order valence-corrected chi connectivity index (χ3v) is 8.96. The summed E-state index contributed by atoms with van der Waals surface area (Å²) in [5.74, 6) is 1.26. The first-order valence-corrected chi connectivity index (χ1v) is 12.8. The molecule has 0 amide bonds. The third kappa shape index (κ3) is 4.99. The summed E-state index contributed by atoms with van der Waals surface area (Å²) < 4.78 is 13.0. The van der Waals surface area contributed by atoms with Gasteiger partial charge >= 0.3 is 5.97 Å². The Balaban J connectivity index is 1.53. The summed E-state index contributed by atoms with van der Waals surface area (Å²) >= 11 is 6.04. The fourth-order valence-corrected chi connectivity index (χ4v) is 6.58. The molecule has 6 nitrogen and oxygen atoms in total. The molecule has 31 heavy (non-hydrogen) atoms. The standard InChI is InChI=1S/C22H25BrN2O4S2/c1-11(2)13-9-8-12(3)10-16(13)28-21-18(17(23)20(27)29-21)30-22-25-24-19(31-22)14-6-4-5-7-15(14)26/h4-7,11-13,16,21,26H,8-10H2,1-3H3/t12?,13?,16?,21-/m0/s1. The average Bonchev–Trinajstić information content (AvgIpc) is 3.29. The SMILES string of the molecule is CC1CCC(C(C)C)C(O[C@H]2OC(=O)C(Br)=C2Sc2nnc(-c3ccccc3O)s2)C1. The van der Waals surface area contributed by atoms with Crippen molar-refractivity contribution in [1.82, 2.24) is 10.2 Å². The largest absolute Gasteiger partial charge is 0.507 e. The summed E-state index contributed by atoms with van der Waals surface area (Å²) in [6.45, 7) is 6.69. The van der Waals surface area contributed by atoms with Gasteiger partial charge in [0.25, 0.3) is 0 Å². The van der Waals surface area contributed by atoms with Crippen LogP contribution in [0.25, 0.3) is 10.6 Å². The van der Waals surface area contributed by atoms with Crippen LogP contribution < -0.4 is 0 Å². The molecule has 4 atom stereocenters. The van der Waals surface area contributed by atoms with Crippen LogP contribution in [0.3, 0.4) is 0 Å². The first kappa shape index (κ1) is 22.8. The number of phenols is 1. The predicted octanol–water partition coefficient (Wildman–Crippen LogP) is 5.97. The Bertz CT molecular complexity index is 993. The smallest absolute Gasteiger partial charge is 0.348 e. The van der Waals surface area contributed by atoms with E-state index >= 15 is 0 Å². The van der Waals surface area contributed by atoms with Gasteiger partial charge in [-0.3, -0.25) is 0 Å². The van der Waals surface area contributed by atoms with Crippen molar-refractivity contribution < 1.29 is 19.4 Å². The van der Waals surface area contributed by atoms with E-state index in [-0.39, 0.29) is 11.9 Å². The summed E-state index contributed by atoms with van der Waals surface area (Å²) in [6, 6.07) is 7.01. The van der Waals surface area contributed by atoms with E-state index in [4.69, 9.17) is 9.47 Å². The number of phenolic OH excluding ortho intramolecular Hbond substituents is 1. The second-order valence-corrected chi connectivity index (χ2v) is 11.5. The maximum absolute atomic E-state index is 12.3. The molecule has 0 bridgehead atoms. The maximum atomic E-state index is 12.3. The van der Waals surface area contributed by atoms with Crippen LogP contribution in [0.5, 0.6) is 5.75 Å². The normalized spacial score (nSPS) is 26.5. The lowest BCUT2D eigenvalue weighted by molar-refractivity contribution is -0.179. The van der Waals surface area contributed by atoms with Gasteiger partial charge in [-0.15, -0.1) is 10.2 Å². The molecular formula is C22H25BrN2O4S2. The number of halogens is 1. The van der Waals surface area contributed by atoms with Crippen molar-refractivity contribution >= 4 is 45.0 Å². The predicted molar refractivity (Wildman–Crippen MR) is 125 cm³/mol. The Hall–Kier alpha value is -1.42. The molecule has 1 aliphatic heterocycles. The van der Waals surface area contributed by atoms with Crippen LogP contribution in [-0.4, -0.2) is 33.7 Å². The molecule has 0 spiro atoms. The van der Waals surface area contributed by atoms with E-state index in [1.54, 1.807) is 18.2 Å². The summed E-state index contributed by atoms with van der Waals surface area (Å²) in [6.07, 6.45) is 2.58. The molecule has 1 aromatic heterocycles. The number of para-hydroxylation sites is 1. The lowest BCUT2D eigenvalue weighted by Crippen LogP contribution is -2.37. The monoisotopic (exact) mass is 524 g/mol. The number of cyclic esters (lactones) is 1. The van der Waals surface area contributed by atoms with Gasteiger partial charge in [0.05, 0.1) is 16.6 Å². The molecule has 9 heteroatoms. The van der Waals surface area contributed by atoms with E-state index in [2.05, 4.69) is 46.9 Å². The summed E-state index contributed by atoms with van der Waals surface area (Å²) in [4.78, 5) is 12.9. The zero-order valence-electron chi connectivity index (χ0n) is 17.6. The van der Waals surface area contributed by atoms with Crippen molar-refractivity contribution in [3.05, 3.63) is 33.7 Å². The zero-order chi connectivity index (χ0) is 22.1. The van der Waals surface area contributed by atoms with Gasteiger partial charge in [0.2, 0.25) is 6.29 Å². The van der Waals surface area contributed by atoms with E-state index in [0.717, 1.165) is 12.8 Å². The van der Waals surface area contributed by atoms with Crippen molar-refractivity contribution in [3.8, 4) is 16.3 Å². The van der Waals surface area contributed by atoms with Crippen molar-refractivity contribution in [2.24, 2.45) is 17.8 Å². The molecule has 1 saturated carbocycles. The van der Waals surface area contributed by atoms with Crippen LogP contribution in [0.1, 0.15) is 40.0 Å². The average molecular weight is 525 g/mol. The van der Waals surface area contributed by atoms with Gasteiger partial charge in [0.1, 0.15) is 10.2 Å². The second-order valence-electron chi connectivity index (χ2n) is 8.41. The minimum atomic E-state index is -0.749. The Labute approximate surface area is 198 Å². The minimum Gasteiger partial charge on any atom is -0.507 e. The number of carbonyl (C=O) groups is 1. The van der Waals surface area contributed by atoms with Gasteiger partial charge in [0.15, 0.2) is 9.35 Å². The number of ether oxygens (including phenoxy) is 2. The van der Waals surface area contributed by atoms with Crippen LogP contribution in [-0.2, 0) is 14.3 Å². The number of thioether (sulfide) groups is 1. The van der Waals surface area contributed by atoms with Gasteiger partial charge in [-0.1, -0.05) is 62.4 Å². The van der Waals surface area contributed by atoms with Gasteiger partial charge in [-0.2, -0.15) is 0 Å².